The van der Waals surface area contributed by atoms with Gasteiger partial charge in [0, 0.05) is 30.4 Å². The number of benzene rings is 1. The van der Waals surface area contributed by atoms with Crippen LogP contribution in [0.4, 0.5) is 5.69 Å². The Bertz CT molecular complexity index is 374. The molecule has 4 nitrogen and oxygen atoms in total. The summed E-state index contributed by atoms with van der Waals surface area (Å²) in [6.45, 7) is 1.92. The maximum absolute atomic E-state index is 10.9. The van der Waals surface area contributed by atoms with Gasteiger partial charge in [-0.05, 0) is 37.1 Å². The van der Waals surface area contributed by atoms with E-state index in [2.05, 4.69) is 4.90 Å². The summed E-state index contributed by atoms with van der Waals surface area (Å²) in [5.41, 5.74) is 12.8. The lowest BCUT2D eigenvalue weighted by molar-refractivity contribution is 0.100. The molecule has 1 saturated heterocycles. The summed E-state index contributed by atoms with van der Waals surface area (Å²) in [5.74, 6) is -0.387. The third kappa shape index (κ3) is 2.33. The molecule has 1 aromatic rings. The van der Waals surface area contributed by atoms with E-state index in [-0.39, 0.29) is 11.9 Å². The van der Waals surface area contributed by atoms with Crippen molar-refractivity contribution in [3.05, 3.63) is 29.8 Å². The van der Waals surface area contributed by atoms with Crippen molar-refractivity contribution < 1.29 is 4.79 Å². The Kier molecular flexibility index (Phi) is 3.10. The summed E-state index contributed by atoms with van der Waals surface area (Å²) in [6.07, 6.45) is 2.22. The fourth-order valence-electron chi connectivity index (χ4n) is 2.08. The molecule has 1 aliphatic rings. The molecule has 86 valence electrons. The molecular formula is C12H17N3O. The highest BCUT2D eigenvalue weighted by molar-refractivity contribution is 5.93. The molecule has 4 heteroatoms. The van der Waals surface area contributed by atoms with Crippen LogP contribution in [0.25, 0.3) is 0 Å². The molecule has 0 aliphatic carbocycles. The number of amides is 1. The van der Waals surface area contributed by atoms with Crippen LogP contribution in [0.1, 0.15) is 23.2 Å². The van der Waals surface area contributed by atoms with Gasteiger partial charge in [-0.1, -0.05) is 0 Å². The molecule has 2 rings (SSSR count). The molecule has 1 fully saturated rings. The summed E-state index contributed by atoms with van der Waals surface area (Å²) in [6, 6.07) is 7.64. The van der Waals surface area contributed by atoms with Gasteiger partial charge in [0.15, 0.2) is 0 Å². The standard InChI is InChI=1S/C12H17N3O/c13-10-2-1-7-15(8-10)11-5-3-9(4-6-11)12(14)16/h3-6,10H,1-2,7-8,13H2,(H2,14,16)/t10-/m1/s1. The van der Waals surface area contributed by atoms with Gasteiger partial charge in [-0.3, -0.25) is 4.79 Å². The second-order valence-electron chi connectivity index (χ2n) is 4.26. The van der Waals surface area contributed by atoms with Crippen molar-refractivity contribution in [1.29, 1.82) is 0 Å². The largest absolute Gasteiger partial charge is 0.370 e. The van der Waals surface area contributed by atoms with E-state index in [1.54, 1.807) is 12.1 Å². The lowest BCUT2D eigenvalue weighted by Gasteiger charge is -2.32. The average Bonchev–Trinajstić information content (AvgIpc) is 2.29. The molecule has 16 heavy (non-hydrogen) atoms. The van der Waals surface area contributed by atoms with Crippen LogP contribution in [-0.2, 0) is 0 Å². The molecule has 1 aliphatic heterocycles. The zero-order valence-electron chi connectivity index (χ0n) is 9.23. The number of anilines is 1. The second kappa shape index (κ2) is 4.53. The number of rotatable bonds is 2. The maximum Gasteiger partial charge on any atom is 0.248 e. The summed E-state index contributed by atoms with van der Waals surface area (Å²) in [4.78, 5) is 13.2. The number of carbonyl (C=O) groups excluding carboxylic acids is 1. The summed E-state index contributed by atoms with van der Waals surface area (Å²) < 4.78 is 0. The van der Waals surface area contributed by atoms with Crippen molar-refractivity contribution in [2.45, 2.75) is 18.9 Å². The van der Waals surface area contributed by atoms with E-state index in [1.807, 2.05) is 12.1 Å². The maximum atomic E-state index is 10.9. The zero-order valence-corrected chi connectivity index (χ0v) is 9.23. The van der Waals surface area contributed by atoms with Gasteiger partial charge < -0.3 is 16.4 Å². The van der Waals surface area contributed by atoms with E-state index < -0.39 is 0 Å². The lowest BCUT2D eigenvalue weighted by Crippen LogP contribution is -2.42. The minimum absolute atomic E-state index is 0.254. The third-order valence-electron chi connectivity index (χ3n) is 2.97. The number of primary amides is 1. The Labute approximate surface area is 95.2 Å². The van der Waals surface area contributed by atoms with Crippen LogP contribution in [-0.4, -0.2) is 25.0 Å². The first-order valence-electron chi connectivity index (χ1n) is 5.57. The number of hydrogen-bond donors (Lipinski definition) is 2. The van der Waals surface area contributed by atoms with E-state index in [4.69, 9.17) is 11.5 Å². The topological polar surface area (TPSA) is 72.4 Å². The normalized spacial score (nSPS) is 20.8. The molecule has 0 aromatic heterocycles. The first-order valence-corrected chi connectivity index (χ1v) is 5.57. The van der Waals surface area contributed by atoms with Crippen LogP contribution in [0.3, 0.4) is 0 Å². The smallest absolute Gasteiger partial charge is 0.248 e. The van der Waals surface area contributed by atoms with E-state index in [1.165, 1.54) is 0 Å². The number of nitrogens with two attached hydrogens (primary N) is 2. The third-order valence-corrected chi connectivity index (χ3v) is 2.97. The highest BCUT2D eigenvalue weighted by Gasteiger charge is 2.16. The molecule has 1 amide bonds. The van der Waals surface area contributed by atoms with Gasteiger partial charge in [0.25, 0.3) is 0 Å². The number of carbonyl (C=O) groups is 1. The van der Waals surface area contributed by atoms with Gasteiger partial charge >= 0.3 is 0 Å². The molecule has 1 aromatic carbocycles. The van der Waals surface area contributed by atoms with Crippen LogP contribution in [0, 0.1) is 0 Å². The fraction of sp³-hybridized carbons (Fsp3) is 0.417. The molecule has 0 spiro atoms. The highest BCUT2D eigenvalue weighted by Crippen LogP contribution is 2.19. The van der Waals surface area contributed by atoms with Crippen molar-refractivity contribution in [3.63, 3.8) is 0 Å². The average molecular weight is 219 g/mol. The summed E-state index contributed by atoms with van der Waals surface area (Å²) >= 11 is 0. The monoisotopic (exact) mass is 219 g/mol. The van der Waals surface area contributed by atoms with Crippen molar-refractivity contribution in [2.75, 3.05) is 18.0 Å². The summed E-state index contributed by atoms with van der Waals surface area (Å²) in [7, 11) is 0. The van der Waals surface area contributed by atoms with Crippen molar-refractivity contribution in [3.8, 4) is 0 Å². The van der Waals surface area contributed by atoms with Crippen LogP contribution in [0.15, 0.2) is 24.3 Å². The Morgan fingerprint density at radius 1 is 1.31 bits per heavy atom. The zero-order chi connectivity index (χ0) is 11.5. The van der Waals surface area contributed by atoms with Gasteiger partial charge in [0.1, 0.15) is 0 Å². The van der Waals surface area contributed by atoms with Crippen LogP contribution in [0.2, 0.25) is 0 Å². The number of hydrogen-bond acceptors (Lipinski definition) is 3. The van der Waals surface area contributed by atoms with E-state index in [0.29, 0.717) is 5.56 Å². The van der Waals surface area contributed by atoms with E-state index in [9.17, 15) is 4.79 Å². The molecule has 0 bridgehead atoms. The van der Waals surface area contributed by atoms with Crippen molar-refractivity contribution in [2.24, 2.45) is 11.5 Å². The van der Waals surface area contributed by atoms with Crippen LogP contribution >= 0.6 is 0 Å². The minimum atomic E-state index is -0.387. The number of piperidine rings is 1. The molecule has 0 unspecified atom stereocenters. The number of nitrogens with zero attached hydrogens (tertiary/aromatic N) is 1. The minimum Gasteiger partial charge on any atom is -0.370 e. The Morgan fingerprint density at radius 3 is 2.56 bits per heavy atom. The second-order valence-corrected chi connectivity index (χ2v) is 4.26. The predicted molar refractivity (Wildman–Crippen MR) is 64.4 cm³/mol. The van der Waals surface area contributed by atoms with Crippen molar-refractivity contribution >= 4 is 11.6 Å². The molecular weight excluding hydrogens is 202 g/mol. The Morgan fingerprint density at radius 2 is 2.00 bits per heavy atom. The Balaban J connectivity index is 2.11. The van der Waals surface area contributed by atoms with Crippen LogP contribution < -0.4 is 16.4 Å². The van der Waals surface area contributed by atoms with Gasteiger partial charge in [-0.2, -0.15) is 0 Å². The van der Waals surface area contributed by atoms with E-state index in [0.717, 1.165) is 31.6 Å². The van der Waals surface area contributed by atoms with Gasteiger partial charge in [0.05, 0.1) is 0 Å². The Hall–Kier alpha value is -1.55. The molecule has 1 atom stereocenters. The molecule has 0 saturated carbocycles. The SMILES string of the molecule is NC(=O)c1ccc(N2CCC[C@@H](N)C2)cc1. The lowest BCUT2D eigenvalue weighted by atomic mass is 10.1. The van der Waals surface area contributed by atoms with Gasteiger partial charge in [-0.25, -0.2) is 0 Å². The first kappa shape index (κ1) is 11.0. The molecule has 0 radical (unpaired) electrons. The van der Waals surface area contributed by atoms with Gasteiger partial charge in [-0.15, -0.1) is 0 Å². The van der Waals surface area contributed by atoms with E-state index >= 15 is 0 Å². The fourth-order valence-corrected chi connectivity index (χ4v) is 2.08. The molecule has 4 N–H and O–H groups in total. The first-order chi connectivity index (χ1) is 7.66. The van der Waals surface area contributed by atoms with Crippen LogP contribution in [0.5, 0.6) is 0 Å². The quantitative estimate of drug-likeness (QED) is 0.769. The summed E-state index contributed by atoms with van der Waals surface area (Å²) in [5, 5.41) is 0. The molecule has 1 heterocycles. The van der Waals surface area contributed by atoms with Gasteiger partial charge in [0.2, 0.25) is 5.91 Å². The van der Waals surface area contributed by atoms with Crippen molar-refractivity contribution in [1.82, 2.24) is 0 Å². The predicted octanol–water partition coefficient (Wildman–Crippen LogP) is 0.713. The highest BCUT2D eigenvalue weighted by atomic mass is 16.1.